The minimum Gasteiger partial charge on any atom is -0.420 e. The first-order valence-electron chi connectivity index (χ1n) is 16.4. The fraction of sp³-hybridized carbons (Fsp3) is 0.455. The topological polar surface area (TPSA) is 99.2 Å². The standard InChI is InChI=1S/C33H41BF2N8O2/c1-21-16-22(2)43-29(21)19-26-12-13-30(44(26)34(43,35)36)38-20-31(45)37-14-7-15-42-28-11-5-4-10-27(28)32(40-42)33(46)39-23-17-24-8-6-9-25(18-23)41(24)3/h4-5,10-13,16,19,23-25,38H,6-9,14-15,17-18,20H2,1-3H3,(H,37,45)(H,39,46). The van der Waals surface area contributed by atoms with Crippen LogP contribution in [0.1, 0.15) is 66.0 Å². The van der Waals surface area contributed by atoms with Crippen LogP contribution in [0.15, 0.2) is 48.2 Å². The van der Waals surface area contributed by atoms with E-state index in [1.807, 2.05) is 35.9 Å². The zero-order chi connectivity index (χ0) is 32.2. The number of allylic oxidation sites excluding steroid dienone is 1. The van der Waals surface area contributed by atoms with Crippen molar-refractivity contribution in [3.8, 4) is 0 Å². The van der Waals surface area contributed by atoms with Gasteiger partial charge in [-0.15, -0.1) is 0 Å². The van der Waals surface area contributed by atoms with Crippen molar-refractivity contribution in [2.45, 2.75) is 77.0 Å². The number of hydrogen-bond acceptors (Lipinski definition) is 5. The van der Waals surface area contributed by atoms with Crippen LogP contribution in [0.25, 0.3) is 17.0 Å². The molecule has 0 saturated carbocycles. The molecule has 13 heteroatoms. The number of hydrogen-bond donors (Lipinski definition) is 3. The number of benzene rings is 1. The number of nitrogens with zero attached hydrogens (tertiary/aromatic N) is 5. The molecule has 2 saturated heterocycles. The largest absolute Gasteiger partial charge is 0.639 e. The first-order valence-corrected chi connectivity index (χ1v) is 16.4. The Morgan fingerprint density at radius 3 is 2.65 bits per heavy atom. The number of aromatic nitrogens is 3. The summed E-state index contributed by atoms with van der Waals surface area (Å²) >= 11 is 0. The third-order valence-corrected chi connectivity index (χ3v) is 10.2. The summed E-state index contributed by atoms with van der Waals surface area (Å²) in [7, 11) is 2.20. The molecule has 46 heavy (non-hydrogen) atoms. The first-order chi connectivity index (χ1) is 22.1. The molecule has 4 aliphatic rings. The zero-order valence-electron chi connectivity index (χ0n) is 26.6. The third kappa shape index (κ3) is 5.34. The van der Waals surface area contributed by atoms with Crippen molar-refractivity contribution in [3.05, 3.63) is 70.8 Å². The van der Waals surface area contributed by atoms with E-state index in [1.165, 1.54) is 19.3 Å². The fourth-order valence-corrected chi connectivity index (χ4v) is 7.90. The van der Waals surface area contributed by atoms with Crippen molar-refractivity contribution in [3.63, 3.8) is 0 Å². The number of aryl methyl sites for hydroxylation is 3. The van der Waals surface area contributed by atoms with Crippen molar-refractivity contribution < 1.29 is 22.7 Å². The van der Waals surface area contributed by atoms with Gasteiger partial charge in [0.25, 0.3) is 11.8 Å². The Morgan fingerprint density at radius 1 is 1.11 bits per heavy atom. The molecular weight excluding hydrogens is 589 g/mol. The number of amides is 2. The summed E-state index contributed by atoms with van der Waals surface area (Å²) in [5.74, 6) is -0.245. The lowest BCUT2D eigenvalue weighted by atomic mass is 9.82. The molecule has 2 fully saturated rings. The number of fused-ring (bicyclic) bond motifs is 5. The molecule has 2 amide bonds. The number of piperidine rings is 2. The van der Waals surface area contributed by atoms with Crippen molar-refractivity contribution in [2.75, 3.05) is 20.1 Å². The molecule has 2 aromatic heterocycles. The number of carbonyl (C=O) groups excluding carboxylic acids is 2. The van der Waals surface area contributed by atoms with Crippen LogP contribution < -0.4 is 16.0 Å². The van der Waals surface area contributed by atoms with Gasteiger partial charge >= 0.3 is 6.97 Å². The fourth-order valence-electron chi connectivity index (χ4n) is 7.90. The molecule has 3 aromatic rings. The summed E-state index contributed by atoms with van der Waals surface area (Å²) < 4.78 is 35.2. The molecule has 1 aromatic carbocycles. The number of carbonyl (C=O) groups is 2. The van der Waals surface area contributed by atoms with E-state index in [9.17, 15) is 9.59 Å². The average molecular weight is 631 g/mol. The molecule has 3 N–H and O–H groups in total. The Bertz CT molecular complexity index is 1790. The molecule has 7 rings (SSSR count). The average Bonchev–Trinajstić information content (AvgIpc) is 3.69. The van der Waals surface area contributed by atoms with E-state index in [4.69, 9.17) is 5.10 Å². The second kappa shape index (κ2) is 11.8. The second-order valence-corrected chi connectivity index (χ2v) is 13.2. The van der Waals surface area contributed by atoms with E-state index in [-0.39, 0.29) is 30.2 Å². The number of para-hydroxylation sites is 1. The number of nitrogens with one attached hydrogen (secondary N) is 3. The summed E-state index contributed by atoms with van der Waals surface area (Å²) in [5.41, 5.74) is 3.50. The van der Waals surface area contributed by atoms with E-state index in [2.05, 4.69) is 27.9 Å². The van der Waals surface area contributed by atoms with E-state index in [1.54, 1.807) is 31.2 Å². The number of rotatable bonds is 8. The smallest absolute Gasteiger partial charge is 0.420 e. The van der Waals surface area contributed by atoms with Gasteiger partial charge < -0.3 is 33.1 Å². The Balaban J connectivity index is 0.940. The Kier molecular flexibility index (Phi) is 7.82. The maximum Gasteiger partial charge on any atom is 0.639 e. The van der Waals surface area contributed by atoms with Gasteiger partial charge in [0.1, 0.15) is 0 Å². The van der Waals surface area contributed by atoms with Gasteiger partial charge in [-0.05, 0) is 82.5 Å². The Hall–Kier alpha value is -4.26. The monoisotopic (exact) mass is 630 g/mol. The SMILES string of the molecule is Cc1cc(C)n2c1C=C1C=CC(NCC(=O)NCCCn3nc(C(=O)NC4CC5CCCC(C4)N5C)c4ccccc43)=[N+]1[B-]2(F)F. The van der Waals surface area contributed by atoms with Gasteiger partial charge in [-0.2, -0.15) is 5.10 Å². The minimum absolute atomic E-state index is 0.139. The van der Waals surface area contributed by atoms with Crippen LogP contribution in [0.5, 0.6) is 0 Å². The Labute approximate surface area is 267 Å². The minimum atomic E-state index is -4.10. The molecule has 2 bridgehead atoms. The third-order valence-electron chi connectivity index (χ3n) is 10.2. The molecule has 2 atom stereocenters. The van der Waals surface area contributed by atoms with Crippen LogP contribution in [-0.4, -0.2) is 86.5 Å². The first kappa shape index (κ1) is 30.4. The molecule has 0 aliphatic carbocycles. The summed E-state index contributed by atoms with van der Waals surface area (Å²) in [5, 5.41) is 14.6. The molecular formula is C33H41BF2N8O2. The molecule has 0 radical (unpaired) electrons. The highest BCUT2D eigenvalue weighted by Crippen LogP contribution is 2.34. The zero-order valence-corrected chi connectivity index (χ0v) is 26.6. The second-order valence-electron chi connectivity index (χ2n) is 13.2. The molecule has 242 valence electrons. The lowest BCUT2D eigenvalue weighted by Crippen LogP contribution is -2.55. The number of amidine groups is 1. The van der Waals surface area contributed by atoms with Crippen LogP contribution in [0.3, 0.4) is 0 Å². The van der Waals surface area contributed by atoms with Crippen molar-refractivity contribution in [2.24, 2.45) is 0 Å². The van der Waals surface area contributed by atoms with Crippen molar-refractivity contribution >= 4 is 41.6 Å². The predicted molar refractivity (Wildman–Crippen MR) is 175 cm³/mol. The van der Waals surface area contributed by atoms with Crippen LogP contribution in [0.4, 0.5) is 8.63 Å². The highest BCUT2D eigenvalue weighted by molar-refractivity contribution is 6.58. The van der Waals surface area contributed by atoms with Gasteiger partial charge in [-0.25, -0.2) is 0 Å². The van der Waals surface area contributed by atoms with Crippen LogP contribution >= 0.6 is 0 Å². The van der Waals surface area contributed by atoms with E-state index in [0.29, 0.717) is 54.4 Å². The van der Waals surface area contributed by atoms with Crippen LogP contribution in [-0.2, 0) is 11.3 Å². The normalized spacial score (nSPS) is 23.2. The van der Waals surface area contributed by atoms with Gasteiger partial charge in [-0.1, -0.05) is 24.6 Å². The summed E-state index contributed by atoms with van der Waals surface area (Å²) in [6.45, 7) is 0.147. The highest BCUT2D eigenvalue weighted by atomic mass is 19.2. The molecule has 0 spiro atoms. The van der Waals surface area contributed by atoms with Crippen molar-refractivity contribution in [1.29, 1.82) is 0 Å². The van der Waals surface area contributed by atoms with Crippen molar-refractivity contribution in [1.82, 2.24) is 35.1 Å². The highest BCUT2D eigenvalue weighted by Gasteiger charge is 2.47. The van der Waals surface area contributed by atoms with Gasteiger partial charge in [0.05, 0.1) is 11.2 Å². The molecule has 4 aliphatic heterocycles. The molecule has 2 unspecified atom stereocenters. The van der Waals surface area contributed by atoms with Crippen LogP contribution in [0, 0.1) is 13.8 Å². The van der Waals surface area contributed by atoms with E-state index >= 15 is 8.63 Å². The molecule has 6 heterocycles. The van der Waals surface area contributed by atoms with Gasteiger partial charge in [-0.3, -0.25) is 19.6 Å². The lowest BCUT2D eigenvalue weighted by molar-refractivity contribution is -0.363. The summed E-state index contributed by atoms with van der Waals surface area (Å²) in [6, 6.07) is 10.7. The number of halogens is 2. The summed E-state index contributed by atoms with van der Waals surface area (Å²) in [4.78, 5) is 28.6. The lowest BCUT2D eigenvalue weighted by Gasteiger charge is -2.47. The van der Waals surface area contributed by atoms with Crippen LogP contribution in [0.2, 0.25) is 0 Å². The van der Waals surface area contributed by atoms with Gasteiger partial charge in [0, 0.05) is 54.4 Å². The van der Waals surface area contributed by atoms with E-state index < -0.39 is 6.97 Å². The summed E-state index contributed by atoms with van der Waals surface area (Å²) in [6.07, 6.45) is 11.1. The van der Waals surface area contributed by atoms with E-state index in [0.717, 1.165) is 38.3 Å². The Morgan fingerprint density at radius 2 is 1.87 bits per heavy atom. The quantitative estimate of drug-likeness (QED) is 0.261. The maximum absolute atomic E-state index is 15.6. The molecule has 10 nitrogen and oxygen atoms in total. The van der Waals surface area contributed by atoms with Gasteiger partial charge in [0.15, 0.2) is 12.2 Å². The maximum atomic E-state index is 15.6. The predicted octanol–water partition coefficient (Wildman–Crippen LogP) is 3.55. The van der Waals surface area contributed by atoms with Gasteiger partial charge in [0.2, 0.25) is 5.84 Å².